The van der Waals surface area contributed by atoms with Crippen molar-refractivity contribution in [2.45, 2.75) is 45.7 Å². The molecule has 0 aromatic heterocycles. The minimum absolute atomic E-state index is 0.0790. The molecule has 3 rings (SSSR count). The van der Waals surface area contributed by atoms with Crippen molar-refractivity contribution >= 4 is 27.5 Å². The molecule has 0 aliphatic carbocycles. The normalized spacial score (nSPS) is 11.8. The van der Waals surface area contributed by atoms with E-state index < -0.39 is 28.5 Å². The summed E-state index contributed by atoms with van der Waals surface area (Å²) >= 11 is 0. The quantitative estimate of drug-likeness (QED) is 0.246. The predicted molar refractivity (Wildman–Crippen MR) is 165 cm³/mol. The van der Waals surface area contributed by atoms with E-state index in [1.807, 2.05) is 56.3 Å². The summed E-state index contributed by atoms with van der Waals surface area (Å²) in [6.45, 7) is 4.43. The number of hydrogen-bond donors (Lipinski definition) is 1. The molecule has 226 valence electrons. The minimum Gasteiger partial charge on any atom is -0.497 e. The van der Waals surface area contributed by atoms with Crippen molar-refractivity contribution in [1.82, 2.24) is 10.2 Å². The predicted octanol–water partition coefficient (Wildman–Crippen LogP) is 4.42. The van der Waals surface area contributed by atoms with E-state index in [0.717, 1.165) is 34.5 Å². The first-order valence-electron chi connectivity index (χ1n) is 14.1. The van der Waals surface area contributed by atoms with E-state index in [9.17, 15) is 18.0 Å². The van der Waals surface area contributed by atoms with Gasteiger partial charge >= 0.3 is 0 Å². The Morgan fingerprint density at radius 3 is 2.21 bits per heavy atom. The molecule has 1 atom stereocenters. The lowest BCUT2D eigenvalue weighted by Gasteiger charge is -2.33. The number of hydrogen-bond acceptors (Lipinski definition) is 6. The zero-order valence-corrected chi connectivity index (χ0v) is 25.6. The molecule has 9 nitrogen and oxygen atoms in total. The number of carbonyl (C=O) groups is 2. The second-order valence-corrected chi connectivity index (χ2v) is 11.8. The first-order valence-corrected chi connectivity index (χ1v) is 16.0. The molecule has 2 amide bonds. The molecule has 0 radical (unpaired) electrons. The molecule has 0 saturated heterocycles. The van der Waals surface area contributed by atoms with Crippen molar-refractivity contribution in [3.63, 3.8) is 0 Å². The summed E-state index contributed by atoms with van der Waals surface area (Å²) in [5, 5.41) is 2.98. The average Bonchev–Trinajstić information content (AvgIpc) is 2.98. The molecule has 1 N–H and O–H groups in total. The van der Waals surface area contributed by atoms with Crippen molar-refractivity contribution in [2.75, 3.05) is 37.4 Å². The van der Waals surface area contributed by atoms with Crippen molar-refractivity contribution in [2.24, 2.45) is 0 Å². The summed E-state index contributed by atoms with van der Waals surface area (Å²) in [5.41, 5.74) is 1.94. The van der Waals surface area contributed by atoms with Gasteiger partial charge in [0.25, 0.3) is 0 Å². The number of unbranched alkanes of at least 4 members (excludes halogenated alkanes) is 1. The van der Waals surface area contributed by atoms with Crippen LogP contribution in [0.5, 0.6) is 11.5 Å². The molecule has 3 aromatic rings. The highest BCUT2D eigenvalue weighted by Gasteiger charge is 2.33. The Balaban J connectivity index is 2.03. The van der Waals surface area contributed by atoms with Crippen LogP contribution in [-0.4, -0.2) is 64.2 Å². The molecule has 3 aromatic carbocycles. The smallest absolute Gasteiger partial charge is 0.244 e. The lowest BCUT2D eigenvalue weighted by Crippen LogP contribution is -2.53. The molecule has 0 aliphatic heterocycles. The molecule has 0 saturated carbocycles. The third-order valence-corrected chi connectivity index (χ3v) is 7.84. The standard InChI is InChI=1S/C32H41N3O6S/c1-5-7-20-33-32(37)30(22-25-12-9-8-10-13-25)34(23-26-14-11-15-29(21-26)40-3)31(36)24-35(42(4,38)39)27-16-18-28(19-17-27)41-6-2/h8-19,21,30H,5-7,20,22-24H2,1-4H3,(H,33,37). The molecule has 0 fully saturated rings. The number of carbonyl (C=O) groups excluding carboxylic acids is 2. The zero-order chi connectivity index (χ0) is 30.5. The second kappa shape index (κ2) is 15.8. The molecule has 0 aliphatic rings. The highest BCUT2D eigenvalue weighted by Crippen LogP contribution is 2.24. The number of sulfonamides is 1. The maximum absolute atomic E-state index is 14.2. The Morgan fingerprint density at radius 1 is 0.905 bits per heavy atom. The Morgan fingerprint density at radius 2 is 1.60 bits per heavy atom. The number of rotatable bonds is 16. The number of anilines is 1. The molecule has 0 spiro atoms. The fourth-order valence-electron chi connectivity index (χ4n) is 4.52. The second-order valence-electron chi connectivity index (χ2n) is 9.92. The van der Waals surface area contributed by atoms with E-state index in [0.29, 0.717) is 30.3 Å². The van der Waals surface area contributed by atoms with E-state index in [-0.39, 0.29) is 18.9 Å². The third-order valence-electron chi connectivity index (χ3n) is 6.70. The fraction of sp³-hybridized carbons (Fsp3) is 0.375. The Labute approximate surface area is 249 Å². The van der Waals surface area contributed by atoms with Crippen LogP contribution in [0.25, 0.3) is 0 Å². The van der Waals surface area contributed by atoms with Crippen LogP contribution in [0.15, 0.2) is 78.9 Å². The van der Waals surface area contributed by atoms with Crippen LogP contribution < -0.4 is 19.1 Å². The van der Waals surface area contributed by atoms with Crippen LogP contribution in [0.4, 0.5) is 5.69 Å². The molecule has 10 heteroatoms. The fourth-order valence-corrected chi connectivity index (χ4v) is 5.37. The van der Waals surface area contributed by atoms with Crippen LogP contribution >= 0.6 is 0 Å². The lowest BCUT2D eigenvalue weighted by atomic mass is 10.0. The minimum atomic E-state index is -3.85. The molecule has 42 heavy (non-hydrogen) atoms. The third kappa shape index (κ3) is 9.51. The number of amides is 2. The first kappa shape index (κ1) is 32.5. The Kier molecular flexibility index (Phi) is 12.2. The van der Waals surface area contributed by atoms with Crippen LogP contribution in [0.3, 0.4) is 0 Å². The van der Waals surface area contributed by atoms with Gasteiger partial charge in [0, 0.05) is 19.5 Å². The maximum atomic E-state index is 14.2. The number of ether oxygens (including phenoxy) is 2. The van der Waals surface area contributed by atoms with Gasteiger partial charge in [0.1, 0.15) is 24.1 Å². The molecule has 1 unspecified atom stereocenters. The summed E-state index contributed by atoms with van der Waals surface area (Å²) in [7, 11) is -2.30. The summed E-state index contributed by atoms with van der Waals surface area (Å²) in [6.07, 6.45) is 3.02. The van der Waals surface area contributed by atoms with E-state index >= 15 is 0 Å². The van der Waals surface area contributed by atoms with Gasteiger partial charge in [-0.25, -0.2) is 8.42 Å². The molecular weight excluding hydrogens is 554 g/mol. The largest absolute Gasteiger partial charge is 0.497 e. The summed E-state index contributed by atoms with van der Waals surface area (Å²) in [4.78, 5) is 29.3. The maximum Gasteiger partial charge on any atom is 0.244 e. The van der Waals surface area contributed by atoms with Crippen LogP contribution in [-0.2, 0) is 32.6 Å². The summed E-state index contributed by atoms with van der Waals surface area (Å²) < 4.78 is 37.8. The van der Waals surface area contributed by atoms with E-state index in [4.69, 9.17) is 9.47 Å². The van der Waals surface area contributed by atoms with Gasteiger partial charge in [0.05, 0.1) is 25.7 Å². The van der Waals surface area contributed by atoms with Crippen LogP contribution in [0, 0.1) is 0 Å². The van der Waals surface area contributed by atoms with Gasteiger partial charge in [0.15, 0.2) is 0 Å². The van der Waals surface area contributed by atoms with Crippen molar-refractivity contribution in [3.05, 3.63) is 90.0 Å². The zero-order valence-electron chi connectivity index (χ0n) is 24.8. The highest BCUT2D eigenvalue weighted by atomic mass is 32.2. The average molecular weight is 596 g/mol. The molecule has 0 heterocycles. The number of nitrogens with zero attached hydrogens (tertiary/aromatic N) is 2. The van der Waals surface area contributed by atoms with Gasteiger partial charge in [-0.15, -0.1) is 0 Å². The van der Waals surface area contributed by atoms with Gasteiger partial charge in [-0.2, -0.15) is 0 Å². The highest BCUT2D eigenvalue weighted by molar-refractivity contribution is 7.92. The number of benzene rings is 3. The van der Waals surface area contributed by atoms with E-state index in [1.165, 1.54) is 4.90 Å². The lowest BCUT2D eigenvalue weighted by molar-refractivity contribution is -0.140. The van der Waals surface area contributed by atoms with Crippen LogP contribution in [0.2, 0.25) is 0 Å². The topological polar surface area (TPSA) is 105 Å². The molecular formula is C32H41N3O6S. The van der Waals surface area contributed by atoms with E-state index in [2.05, 4.69) is 5.32 Å². The number of nitrogens with one attached hydrogen (secondary N) is 1. The van der Waals surface area contributed by atoms with Gasteiger partial charge in [-0.3, -0.25) is 13.9 Å². The summed E-state index contributed by atoms with van der Waals surface area (Å²) in [6, 6.07) is 22.4. The van der Waals surface area contributed by atoms with E-state index in [1.54, 1.807) is 43.5 Å². The Hall–Kier alpha value is -4.05. The molecule has 0 bridgehead atoms. The monoisotopic (exact) mass is 595 g/mol. The van der Waals surface area contributed by atoms with Gasteiger partial charge in [-0.05, 0) is 60.9 Å². The van der Waals surface area contributed by atoms with Gasteiger partial charge in [-0.1, -0.05) is 55.8 Å². The van der Waals surface area contributed by atoms with Gasteiger partial charge < -0.3 is 19.7 Å². The van der Waals surface area contributed by atoms with Crippen molar-refractivity contribution < 1.29 is 27.5 Å². The Bertz CT molecular complexity index is 1400. The summed E-state index contributed by atoms with van der Waals surface area (Å²) in [5.74, 6) is 0.394. The SMILES string of the molecule is CCCCNC(=O)C(Cc1ccccc1)N(Cc1cccc(OC)c1)C(=O)CN(c1ccc(OCC)cc1)S(C)(=O)=O. The van der Waals surface area contributed by atoms with Crippen LogP contribution in [0.1, 0.15) is 37.8 Å². The first-order chi connectivity index (χ1) is 20.2. The van der Waals surface area contributed by atoms with Crippen molar-refractivity contribution in [1.29, 1.82) is 0 Å². The van der Waals surface area contributed by atoms with Crippen molar-refractivity contribution in [3.8, 4) is 11.5 Å². The number of methoxy groups -OCH3 is 1. The van der Waals surface area contributed by atoms with Gasteiger partial charge in [0.2, 0.25) is 21.8 Å².